The highest BCUT2D eigenvalue weighted by atomic mass is 127. The summed E-state index contributed by atoms with van der Waals surface area (Å²) in [5.41, 5.74) is 5.26. The van der Waals surface area contributed by atoms with Crippen molar-refractivity contribution in [1.82, 2.24) is 35.4 Å². The van der Waals surface area contributed by atoms with Gasteiger partial charge in [-0.25, -0.2) is 17.9 Å². The SMILES string of the molecule is NC(=O)[C@H](CCCCNC(=O)CC[C@H](NC(=O)CCC(NC(=O)COCCOCCNC(=O)COCCOCCNC(=O)CC[C@H](NC(=O)CCCCCCCCCCCCCCCCC(=O)O)C(=O)O)C(=O)O)C(=O)O)NI. The van der Waals surface area contributed by atoms with E-state index in [-0.39, 0.29) is 117 Å². The molecule has 454 valence electrons. The maximum absolute atomic E-state index is 12.5. The van der Waals surface area contributed by atoms with E-state index in [9.17, 15) is 68.1 Å². The van der Waals surface area contributed by atoms with Crippen molar-refractivity contribution < 1.29 is 92.1 Å². The van der Waals surface area contributed by atoms with Crippen molar-refractivity contribution in [3.63, 3.8) is 0 Å². The van der Waals surface area contributed by atoms with Crippen molar-refractivity contribution in [2.24, 2.45) is 5.73 Å². The van der Waals surface area contributed by atoms with E-state index in [4.69, 9.17) is 29.8 Å². The van der Waals surface area contributed by atoms with Crippen molar-refractivity contribution in [3.05, 3.63) is 0 Å². The van der Waals surface area contributed by atoms with Crippen molar-refractivity contribution in [1.29, 1.82) is 0 Å². The van der Waals surface area contributed by atoms with Crippen LogP contribution in [0.1, 0.15) is 161 Å². The lowest BCUT2D eigenvalue weighted by atomic mass is 10.0. The first-order valence-electron chi connectivity index (χ1n) is 27.4. The van der Waals surface area contributed by atoms with Crippen LogP contribution >= 0.6 is 22.9 Å². The third-order valence-corrected chi connectivity index (χ3v) is 12.7. The molecule has 0 aliphatic heterocycles. The van der Waals surface area contributed by atoms with Gasteiger partial charge in [0.2, 0.25) is 41.4 Å². The van der Waals surface area contributed by atoms with Crippen molar-refractivity contribution in [2.75, 3.05) is 72.5 Å². The van der Waals surface area contributed by atoms with Crippen LogP contribution in [-0.4, -0.2) is 182 Å². The molecule has 7 amide bonds. The minimum Gasteiger partial charge on any atom is -0.481 e. The van der Waals surface area contributed by atoms with Crippen LogP contribution in [0.4, 0.5) is 0 Å². The Bertz CT molecular complexity index is 1800. The predicted molar refractivity (Wildman–Crippen MR) is 294 cm³/mol. The number of carbonyl (C=O) groups excluding carboxylic acids is 7. The fraction of sp³-hybridized carbons (Fsp3) is 0.784. The van der Waals surface area contributed by atoms with Gasteiger partial charge in [-0.05, 0) is 51.4 Å². The molecule has 0 rings (SSSR count). The minimum atomic E-state index is -1.48. The predicted octanol–water partition coefficient (Wildman–Crippen LogP) is 1.74. The molecule has 27 nitrogen and oxygen atoms in total. The Labute approximate surface area is 476 Å². The number of primary amides is 1. The van der Waals surface area contributed by atoms with Crippen LogP contribution in [-0.2, 0) is 71.7 Å². The molecule has 0 saturated heterocycles. The molecule has 0 aromatic heterocycles. The van der Waals surface area contributed by atoms with E-state index in [1.165, 1.54) is 32.1 Å². The fourth-order valence-electron chi connectivity index (χ4n) is 7.52. The van der Waals surface area contributed by atoms with E-state index in [1.807, 2.05) is 22.9 Å². The summed E-state index contributed by atoms with van der Waals surface area (Å²) in [5.74, 6) is -8.46. The summed E-state index contributed by atoms with van der Waals surface area (Å²) in [6, 6.07) is -4.58. The molecular weight excluding hydrogens is 1160 g/mol. The van der Waals surface area contributed by atoms with Crippen molar-refractivity contribution in [3.8, 4) is 0 Å². The van der Waals surface area contributed by atoms with Gasteiger partial charge in [-0.2, -0.15) is 0 Å². The standard InChI is InChI=1S/C51H89IN8O19/c52-60-37(48(53)69)17-15-16-26-54-41(61)23-20-39(50(72)73)58-44(64)25-22-40(51(74)75)59-46(66)36-79-34-32-77-30-28-56-45(65)35-78-33-31-76-29-27-55-42(62)24-21-38(49(70)71)57-43(63)18-13-11-9-7-5-3-1-2-4-6-8-10-12-14-19-47(67)68/h37-40,60H,1-36H2,(H2,53,69)(H,54,61)(H,55,62)(H,56,65)(H,57,63)(H,58,64)(H,59,66)(H,67,68)(H,70,71)(H,72,73)(H,74,75)/t37-,38-,39-,40?/m0/s1. The smallest absolute Gasteiger partial charge is 0.326 e. The molecule has 28 heteroatoms. The second-order valence-corrected chi connectivity index (χ2v) is 19.4. The zero-order chi connectivity index (χ0) is 58.9. The Morgan fingerprint density at radius 3 is 1.13 bits per heavy atom. The van der Waals surface area contributed by atoms with Gasteiger partial charge in [-0.15, -0.1) is 0 Å². The number of carboxylic acid groups (broad SMARTS) is 4. The van der Waals surface area contributed by atoms with E-state index in [0.29, 0.717) is 25.7 Å². The molecule has 79 heavy (non-hydrogen) atoms. The molecule has 0 heterocycles. The number of carboxylic acids is 4. The van der Waals surface area contributed by atoms with E-state index in [0.717, 1.165) is 51.4 Å². The first kappa shape index (κ1) is 73.7. The number of hydrogen-bond donors (Lipinski definition) is 12. The van der Waals surface area contributed by atoms with Crippen LogP contribution in [0.2, 0.25) is 0 Å². The number of hydrogen-bond acceptors (Lipinski definition) is 16. The first-order valence-corrected chi connectivity index (χ1v) is 28.5. The lowest BCUT2D eigenvalue weighted by molar-refractivity contribution is -0.144. The quantitative estimate of drug-likeness (QED) is 0.0234. The van der Waals surface area contributed by atoms with E-state index in [2.05, 4.69) is 35.4 Å². The highest BCUT2D eigenvalue weighted by Crippen LogP contribution is 2.14. The Morgan fingerprint density at radius 2 is 0.709 bits per heavy atom. The second kappa shape index (κ2) is 49.7. The van der Waals surface area contributed by atoms with Gasteiger partial charge in [0, 0.05) is 74.6 Å². The Hall–Kier alpha value is -5.30. The maximum Gasteiger partial charge on any atom is 0.326 e. The third-order valence-electron chi connectivity index (χ3n) is 12.0. The summed E-state index contributed by atoms with van der Waals surface area (Å²) >= 11 is 1.83. The number of nitrogens with two attached hydrogens (primary N) is 1. The van der Waals surface area contributed by atoms with Gasteiger partial charge in [0.15, 0.2) is 0 Å². The average molecular weight is 1250 g/mol. The molecule has 4 atom stereocenters. The average Bonchev–Trinajstić information content (AvgIpc) is 3.39. The number of amides is 7. The summed E-state index contributed by atoms with van der Waals surface area (Å²) in [4.78, 5) is 130. The van der Waals surface area contributed by atoms with Crippen LogP contribution in [0.3, 0.4) is 0 Å². The third kappa shape index (κ3) is 46.2. The molecule has 0 radical (unpaired) electrons. The molecule has 0 fully saturated rings. The van der Waals surface area contributed by atoms with Gasteiger partial charge >= 0.3 is 23.9 Å². The van der Waals surface area contributed by atoms with Crippen LogP contribution in [0, 0.1) is 0 Å². The van der Waals surface area contributed by atoms with Gasteiger partial charge in [0.25, 0.3) is 0 Å². The lowest BCUT2D eigenvalue weighted by Gasteiger charge is -2.17. The van der Waals surface area contributed by atoms with Crippen molar-refractivity contribution >= 4 is 88.1 Å². The Morgan fingerprint density at radius 1 is 0.354 bits per heavy atom. The second-order valence-electron chi connectivity index (χ2n) is 18.8. The first-order chi connectivity index (χ1) is 37.9. The molecule has 13 N–H and O–H groups in total. The van der Waals surface area contributed by atoms with E-state index < -0.39 is 96.5 Å². The zero-order valence-corrected chi connectivity index (χ0v) is 47.8. The highest BCUT2D eigenvalue weighted by Gasteiger charge is 2.25. The van der Waals surface area contributed by atoms with Crippen molar-refractivity contribution in [2.45, 2.75) is 185 Å². The van der Waals surface area contributed by atoms with E-state index >= 15 is 0 Å². The number of nitrogens with one attached hydrogen (secondary N) is 7. The number of aliphatic carboxylic acids is 4. The number of halogens is 1. The topological polar surface area (TPSA) is 416 Å². The van der Waals surface area contributed by atoms with Crippen LogP contribution < -0.4 is 41.2 Å². The minimum absolute atomic E-state index is 0.0376. The summed E-state index contributed by atoms with van der Waals surface area (Å²) in [6.07, 6.45) is 15.4. The highest BCUT2D eigenvalue weighted by molar-refractivity contribution is 14.1. The normalized spacial score (nSPS) is 12.5. The number of ether oxygens (including phenoxy) is 4. The van der Waals surface area contributed by atoms with Crippen LogP contribution in [0.15, 0.2) is 0 Å². The molecule has 0 aromatic carbocycles. The van der Waals surface area contributed by atoms with Gasteiger partial charge < -0.3 is 77.0 Å². The molecule has 0 aromatic rings. The van der Waals surface area contributed by atoms with Gasteiger partial charge in [-0.1, -0.05) is 77.0 Å². The monoisotopic (exact) mass is 1240 g/mol. The summed E-state index contributed by atoms with van der Waals surface area (Å²) in [6.45, 7) is 0.266. The van der Waals surface area contributed by atoms with E-state index in [1.54, 1.807) is 0 Å². The summed E-state index contributed by atoms with van der Waals surface area (Å²) in [5, 5.41) is 52.1. The van der Waals surface area contributed by atoms with Crippen LogP contribution in [0.25, 0.3) is 0 Å². The number of rotatable bonds is 55. The molecule has 0 aliphatic rings. The Kier molecular flexibility index (Phi) is 46.4. The molecule has 1 unspecified atom stereocenters. The fourth-order valence-corrected chi connectivity index (χ4v) is 8.14. The summed E-state index contributed by atoms with van der Waals surface area (Å²) in [7, 11) is 0. The molecule has 0 aliphatic carbocycles. The summed E-state index contributed by atoms with van der Waals surface area (Å²) < 4.78 is 23.9. The maximum atomic E-state index is 12.5. The Balaban J connectivity index is 3.97. The largest absolute Gasteiger partial charge is 0.481 e. The van der Waals surface area contributed by atoms with Gasteiger partial charge in [0.1, 0.15) is 31.3 Å². The number of carbonyl (C=O) groups is 11. The van der Waals surface area contributed by atoms with Crippen LogP contribution in [0.5, 0.6) is 0 Å². The zero-order valence-electron chi connectivity index (χ0n) is 45.6. The van der Waals surface area contributed by atoms with Gasteiger partial charge in [-0.3, -0.25) is 38.4 Å². The lowest BCUT2D eigenvalue weighted by Crippen LogP contribution is -2.45. The van der Waals surface area contributed by atoms with Gasteiger partial charge in [0.05, 0.1) is 45.7 Å². The molecular formula is C51H89IN8O19. The molecule has 0 bridgehead atoms. The number of unbranched alkanes of at least 4 members (excludes halogenated alkanes) is 14. The molecule has 0 spiro atoms. The molecule has 0 saturated carbocycles.